The number of pyridine rings is 2. The van der Waals surface area contributed by atoms with E-state index in [1.807, 2.05) is 13.8 Å². The van der Waals surface area contributed by atoms with Crippen LogP contribution in [0, 0.1) is 25.2 Å². The van der Waals surface area contributed by atoms with Gasteiger partial charge in [0.1, 0.15) is 0 Å². The third kappa shape index (κ3) is 3.23. The minimum atomic E-state index is -0.586. The zero-order chi connectivity index (χ0) is 20.4. The lowest BCUT2D eigenvalue weighted by Gasteiger charge is -2.25. The van der Waals surface area contributed by atoms with Crippen LogP contribution in [0.3, 0.4) is 0 Å². The van der Waals surface area contributed by atoms with Gasteiger partial charge in [-0.25, -0.2) is 4.98 Å². The number of ether oxygens (including phenoxy) is 2. The van der Waals surface area contributed by atoms with E-state index in [1.54, 1.807) is 32.4 Å². The highest BCUT2D eigenvalue weighted by atomic mass is 16.5. The van der Waals surface area contributed by atoms with Crippen molar-refractivity contribution in [3.05, 3.63) is 46.3 Å². The summed E-state index contributed by atoms with van der Waals surface area (Å²) < 4.78 is 11.4. The minimum Gasteiger partial charge on any atom is -0.477 e. The molecule has 7 heteroatoms. The molecule has 0 saturated heterocycles. The predicted octanol–water partition coefficient (Wildman–Crippen LogP) is 3.00. The zero-order valence-electron chi connectivity index (χ0n) is 16.4. The van der Waals surface area contributed by atoms with Crippen molar-refractivity contribution < 1.29 is 14.3 Å². The maximum Gasteiger partial charge on any atom is 0.251 e. The maximum atomic E-state index is 12.4. The van der Waals surface area contributed by atoms with Crippen LogP contribution in [0.1, 0.15) is 40.5 Å². The van der Waals surface area contributed by atoms with Gasteiger partial charge in [-0.15, -0.1) is 0 Å². The highest BCUT2D eigenvalue weighted by Gasteiger charge is 2.29. The first-order valence-corrected chi connectivity index (χ1v) is 8.99. The van der Waals surface area contributed by atoms with Crippen molar-refractivity contribution in [1.82, 2.24) is 9.97 Å². The number of aromatic nitrogens is 2. The van der Waals surface area contributed by atoms with Crippen molar-refractivity contribution in [1.29, 1.82) is 5.26 Å². The summed E-state index contributed by atoms with van der Waals surface area (Å²) in [5.74, 6) is -0.199. The topological polar surface area (TPSA) is 111 Å². The Morgan fingerprint density at radius 2 is 2.14 bits per heavy atom. The molecule has 7 nitrogen and oxygen atoms in total. The van der Waals surface area contributed by atoms with E-state index in [0.29, 0.717) is 52.2 Å². The van der Waals surface area contributed by atoms with Gasteiger partial charge in [0.15, 0.2) is 0 Å². The molecule has 1 aliphatic rings. The average molecular weight is 378 g/mol. The molecule has 1 atom stereocenters. The van der Waals surface area contributed by atoms with E-state index in [1.165, 1.54) is 0 Å². The van der Waals surface area contributed by atoms with Crippen molar-refractivity contribution in [3.8, 4) is 11.9 Å². The van der Waals surface area contributed by atoms with E-state index >= 15 is 0 Å². The number of nitrogens with zero attached hydrogens (tertiary/aromatic N) is 3. The number of primary amides is 1. The van der Waals surface area contributed by atoms with Gasteiger partial charge in [-0.2, -0.15) is 5.26 Å². The van der Waals surface area contributed by atoms with Crippen LogP contribution in [-0.2, 0) is 4.74 Å². The Bertz CT molecular complexity index is 1060. The van der Waals surface area contributed by atoms with Gasteiger partial charge < -0.3 is 15.2 Å². The van der Waals surface area contributed by atoms with Crippen LogP contribution in [0.4, 0.5) is 0 Å². The third-order valence-electron chi connectivity index (χ3n) is 4.80. The van der Waals surface area contributed by atoms with Crippen molar-refractivity contribution >= 4 is 22.4 Å². The molecule has 28 heavy (non-hydrogen) atoms. The Morgan fingerprint density at radius 3 is 2.75 bits per heavy atom. The molecule has 0 fully saturated rings. The smallest absolute Gasteiger partial charge is 0.251 e. The number of carbonyl (C=O) groups is 1. The molecule has 0 bridgehead atoms. The molecule has 0 saturated carbocycles. The Labute approximate surface area is 163 Å². The van der Waals surface area contributed by atoms with Crippen LogP contribution in [0.5, 0.6) is 5.88 Å². The molecule has 1 aliphatic carbocycles. The van der Waals surface area contributed by atoms with E-state index in [9.17, 15) is 10.1 Å². The van der Waals surface area contributed by atoms with Crippen molar-refractivity contribution in [2.45, 2.75) is 33.3 Å². The Balaban J connectivity index is 2.49. The van der Waals surface area contributed by atoms with Gasteiger partial charge in [-0.1, -0.05) is 6.08 Å². The summed E-state index contributed by atoms with van der Waals surface area (Å²) in [4.78, 5) is 21.4. The Hall–Kier alpha value is -3.24. The fourth-order valence-corrected chi connectivity index (χ4v) is 3.53. The van der Waals surface area contributed by atoms with Crippen LogP contribution in [0.25, 0.3) is 16.5 Å². The molecule has 0 spiro atoms. The predicted molar refractivity (Wildman–Crippen MR) is 106 cm³/mol. The van der Waals surface area contributed by atoms with Gasteiger partial charge >= 0.3 is 0 Å². The SMILES string of the molecule is CCOc1ncc(C)c2nc(C)c(C(N)=O)c(C3=CC=C(C#N)C[C@H]3OC)c12. The lowest BCUT2D eigenvalue weighted by molar-refractivity contribution is 0.0999. The molecular weight excluding hydrogens is 356 g/mol. The largest absolute Gasteiger partial charge is 0.477 e. The van der Waals surface area contributed by atoms with Crippen LogP contribution >= 0.6 is 0 Å². The molecule has 1 amide bonds. The molecule has 0 radical (unpaired) electrons. The third-order valence-corrected chi connectivity index (χ3v) is 4.80. The zero-order valence-corrected chi connectivity index (χ0v) is 16.4. The van der Waals surface area contributed by atoms with Crippen molar-refractivity contribution in [2.24, 2.45) is 5.73 Å². The summed E-state index contributed by atoms with van der Waals surface area (Å²) >= 11 is 0. The van der Waals surface area contributed by atoms with Gasteiger partial charge in [0.2, 0.25) is 5.88 Å². The lowest BCUT2D eigenvalue weighted by Crippen LogP contribution is -2.22. The molecule has 2 aromatic heterocycles. The van der Waals surface area contributed by atoms with Gasteiger partial charge in [-0.3, -0.25) is 9.78 Å². The molecule has 2 N–H and O–H groups in total. The summed E-state index contributed by atoms with van der Waals surface area (Å²) in [6.45, 7) is 5.94. The normalized spacial score (nSPS) is 16.3. The molecule has 0 aromatic carbocycles. The number of hydrogen-bond acceptors (Lipinski definition) is 6. The van der Waals surface area contributed by atoms with Crippen LogP contribution in [-0.4, -0.2) is 35.7 Å². The summed E-state index contributed by atoms with van der Waals surface area (Å²) in [5.41, 5.74) is 10.1. The molecule has 3 rings (SSSR count). The fraction of sp³-hybridized carbons (Fsp3) is 0.333. The van der Waals surface area contributed by atoms with Crippen LogP contribution in [0.15, 0.2) is 23.9 Å². The first-order chi connectivity index (χ1) is 13.4. The lowest BCUT2D eigenvalue weighted by atomic mass is 9.85. The quantitative estimate of drug-likeness (QED) is 0.856. The monoisotopic (exact) mass is 378 g/mol. The number of nitrogens with two attached hydrogens (primary N) is 1. The van der Waals surface area contributed by atoms with E-state index in [2.05, 4.69) is 16.0 Å². The van der Waals surface area contributed by atoms with Crippen LogP contribution < -0.4 is 10.5 Å². The molecule has 2 heterocycles. The molecule has 0 unspecified atom stereocenters. The van der Waals surface area contributed by atoms with Gasteiger partial charge in [-0.05, 0) is 38.0 Å². The van der Waals surface area contributed by atoms with E-state index in [-0.39, 0.29) is 0 Å². The second-order valence-electron chi connectivity index (χ2n) is 6.57. The summed E-state index contributed by atoms with van der Waals surface area (Å²) in [7, 11) is 1.58. The van der Waals surface area contributed by atoms with Crippen molar-refractivity contribution in [3.63, 3.8) is 0 Å². The molecule has 144 valence electrons. The number of fused-ring (bicyclic) bond motifs is 1. The number of rotatable bonds is 5. The Kier molecular flexibility index (Phi) is 5.43. The number of amides is 1. The summed E-state index contributed by atoms with van der Waals surface area (Å²) in [6, 6.07) is 2.16. The van der Waals surface area contributed by atoms with Crippen molar-refractivity contribution in [2.75, 3.05) is 13.7 Å². The van der Waals surface area contributed by atoms with Crippen LogP contribution in [0.2, 0.25) is 0 Å². The molecule has 2 aromatic rings. The number of aryl methyl sites for hydroxylation is 2. The summed E-state index contributed by atoms with van der Waals surface area (Å²) in [5, 5.41) is 9.88. The molecule has 0 aliphatic heterocycles. The minimum absolute atomic E-state index is 0.308. The highest BCUT2D eigenvalue weighted by molar-refractivity contribution is 6.08. The first kappa shape index (κ1) is 19.5. The van der Waals surface area contributed by atoms with E-state index in [4.69, 9.17) is 15.2 Å². The van der Waals surface area contributed by atoms with E-state index in [0.717, 1.165) is 11.1 Å². The second-order valence-corrected chi connectivity index (χ2v) is 6.57. The maximum absolute atomic E-state index is 12.4. The number of carbonyl (C=O) groups excluding carboxylic acids is 1. The summed E-state index contributed by atoms with van der Waals surface area (Å²) in [6.07, 6.45) is 5.24. The molecular formula is C21H22N4O3. The number of allylic oxidation sites excluding steroid dienone is 2. The highest BCUT2D eigenvalue weighted by Crippen LogP contribution is 2.40. The number of hydrogen-bond donors (Lipinski definition) is 1. The average Bonchev–Trinajstić information content (AvgIpc) is 2.68. The number of nitriles is 1. The standard InChI is InChI=1S/C21H22N4O3/c1-5-28-21-18-17(14-7-6-13(9-22)8-15(14)27-4)16(20(23)26)12(3)25-19(18)11(2)10-24-21/h6-7,10,15H,5,8H2,1-4H3,(H2,23,26)/t15-/m1/s1. The fourth-order valence-electron chi connectivity index (χ4n) is 3.53. The Morgan fingerprint density at radius 1 is 1.39 bits per heavy atom. The first-order valence-electron chi connectivity index (χ1n) is 8.99. The van der Waals surface area contributed by atoms with Gasteiger partial charge in [0.25, 0.3) is 5.91 Å². The van der Waals surface area contributed by atoms with Gasteiger partial charge in [0.05, 0.1) is 40.9 Å². The van der Waals surface area contributed by atoms with E-state index < -0.39 is 12.0 Å². The van der Waals surface area contributed by atoms with Gasteiger partial charge in [0, 0.05) is 30.9 Å². The second kappa shape index (κ2) is 7.79. The number of methoxy groups -OCH3 is 1.